The Labute approximate surface area is 129 Å². The first-order valence-electron chi connectivity index (χ1n) is 3.83. The zero-order valence-electron chi connectivity index (χ0n) is 7.99. The molecule has 1 aliphatic rings. The van der Waals surface area contributed by atoms with Crippen molar-refractivity contribution in [2.75, 3.05) is 0 Å². The quantitative estimate of drug-likeness (QED) is 0.357. The van der Waals surface area contributed by atoms with Gasteiger partial charge >= 0.3 is 26.2 Å². The maximum absolute atomic E-state index is 4.80. The van der Waals surface area contributed by atoms with Crippen LogP contribution in [0.25, 0.3) is 0 Å². The van der Waals surface area contributed by atoms with Crippen LogP contribution in [0, 0.1) is 6.07 Å². The molecule has 1 aromatic carbocycles. The number of halogens is 2. The van der Waals surface area contributed by atoms with Gasteiger partial charge in [0.15, 0.2) is 0 Å². The molecule has 0 heterocycles. The molecule has 0 nitrogen and oxygen atoms in total. The summed E-state index contributed by atoms with van der Waals surface area (Å²) in [5, 5.41) is 0. The van der Waals surface area contributed by atoms with Crippen molar-refractivity contribution in [1.29, 1.82) is 0 Å². The minimum Gasteiger partial charge on any atom is -1.00 e. The summed E-state index contributed by atoms with van der Waals surface area (Å²) in [6.07, 6.45) is 6.98. The molecule has 0 saturated heterocycles. The monoisotopic (exact) mass is 334 g/mol. The molecule has 78 valence electrons. The minimum atomic E-state index is 0. The molecule has 1 aromatic rings. The number of rotatable bonds is 0. The molecular formula is C11H10Cl2SZr. The van der Waals surface area contributed by atoms with Gasteiger partial charge in [-0.05, 0) is 6.42 Å². The summed E-state index contributed by atoms with van der Waals surface area (Å²) in [4.78, 5) is 1.05. The minimum absolute atomic E-state index is 0. The maximum atomic E-state index is 4.80. The van der Waals surface area contributed by atoms with Crippen molar-refractivity contribution >= 4 is 12.6 Å². The smallest absolute Gasteiger partial charge is 1.00 e. The van der Waals surface area contributed by atoms with Gasteiger partial charge in [-0.1, -0.05) is 18.2 Å². The van der Waals surface area contributed by atoms with Crippen LogP contribution in [-0.4, -0.2) is 0 Å². The second-order valence-electron chi connectivity index (χ2n) is 2.34. The summed E-state index contributed by atoms with van der Waals surface area (Å²) < 4.78 is 0. The van der Waals surface area contributed by atoms with Gasteiger partial charge in [-0.15, -0.1) is 0 Å². The van der Waals surface area contributed by atoms with Crippen LogP contribution in [-0.2, 0) is 38.8 Å². The second kappa shape index (κ2) is 14.4. The fourth-order valence-electron chi connectivity index (χ4n) is 0.770. The van der Waals surface area contributed by atoms with E-state index in [2.05, 4.69) is 12.1 Å². The Bertz CT molecular complexity index is 246. The van der Waals surface area contributed by atoms with Gasteiger partial charge < -0.3 is 37.4 Å². The number of allylic oxidation sites excluding steroid dienone is 4. The van der Waals surface area contributed by atoms with Gasteiger partial charge in [0.1, 0.15) is 0 Å². The van der Waals surface area contributed by atoms with E-state index in [1.54, 1.807) is 0 Å². The van der Waals surface area contributed by atoms with E-state index in [0.717, 1.165) is 11.3 Å². The largest absolute Gasteiger partial charge is 4.00 e. The Balaban J connectivity index is -0.000000160. The predicted octanol–water partition coefficient (Wildman–Crippen LogP) is -3.13. The van der Waals surface area contributed by atoms with Crippen LogP contribution in [0.3, 0.4) is 0 Å². The average molecular weight is 336 g/mol. The second-order valence-corrected chi connectivity index (χ2v) is 2.87. The van der Waals surface area contributed by atoms with E-state index >= 15 is 0 Å². The van der Waals surface area contributed by atoms with Crippen LogP contribution in [0.4, 0.5) is 0 Å². The van der Waals surface area contributed by atoms with Gasteiger partial charge in [-0.25, -0.2) is 0 Å². The molecule has 1 aliphatic carbocycles. The Morgan fingerprint density at radius 2 is 1.67 bits per heavy atom. The van der Waals surface area contributed by atoms with E-state index in [9.17, 15) is 0 Å². The third-order valence-corrected chi connectivity index (χ3v) is 1.65. The van der Waals surface area contributed by atoms with Crippen LogP contribution in [0.2, 0.25) is 0 Å². The summed E-state index contributed by atoms with van der Waals surface area (Å²) in [6.45, 7) is 0. The summed E-state index contributed by atoms with van der Waals surface area (Å²) in [5.74, 6) is 0. The molecule has 0 spiro atoms. The molecule has 0 saturated carbocycles. The Morgan fingerprint density at radius 1 is 1.07 bits per heavy atom. The van der Waals surface area contributed by atoms with Gasteiger partial charge in [0.05, 0.1) is 0 Å². The van der Waals surface area contributed by atoms with E-state index in [-0.39, 0.29) is 51.0 Å². The number of hydrogen-bond donors (Lipinski definition) is 0. The van der Waals surface area contributed by atoms with Gasteiger partial charge in [0.25, 0.3) is 0 Å². The molecule has 0 radical (unpaired) electrons. The van der Waals surface area contributed by atoms with E-state index in [0.29, 0.717) is 0 Å². The fourth-order valence-corrected chi connectivity index (χ4v) is 0.944. The first kappa shape index (κ1) is 20.8. The Morgan fingerprint density at radius 3 is 1.80 bits per heavy atom. The van der Waals surface area contributed by atoms with Crippen molar-refractivity contribution in [2.24, 2.45) is 0 Å². The molecular weight excluding hydrogens is 326 g/mol. The molecule has 0 bridgehead atoms. The van der Waals surface area contributed by atoms with Gasteiger partial charge in [-0.2, -0.15) is 41.3 Å². The normalized spacial score (nSPS) is 10.5. The third kappa shape index (κ3) is 12.3. The standard InChI is InChI=1S/C6H5.C5H6S.2ClH.Zr/c1-2-4-6-5-3-1;6-5-3-1-2-4-5;;;/h1-5H;1-3,6H,4H2;2*1H;/q-1;;;;+4/p-3. The molecule has 0 fully saturated rings. The van der Waals surface area contributed by atoms with Gasteiger partial charge in [-0.3, -0.25) is 0 Å². The van der Waals surface area contributed by atoms with Crippen molar-refractivity contribution in [3.63, 3.8) is 0 Å². The average Bonchev–Trinajstić information content (AvgIpc) is 2.60. The first-order chi connectivity index (χ1) is 5.89. The van der Waals surface area contributed by atoms with Crippen molar-refractivity contribution in [3.8, 4) is 0 Å². The van der Waals surface area contributed by atoms with Crippen LogP contribution in [0.15, 0.2) is 53.5 Å². The van der Waals surface area contributed by atoms with Crippen molar-refractivity contribution in [2.45, 2.75) is 6.42 Å². The maximum Gasteiger partial charge on any atom is 4.00 e. The third-order valence-electron chi connectivity index (χ3n) is 1.34. The SMILES string of the molecule is [Cl-].[Cl-].[S-]C1=CC=CC1.[Zr+4].[c-]1ccccc1. The van der Waals surface area contributed by atoms with E-state index in [4.69, 9.17) is 12.6 Å². The van der Waals surface area contributed by atoms with Gasteiger partial charge in [0, 0.05) is 0 Å². The van der Waals surface area contributed by atoms with Crippen molar-refractivity contribution < 1.29 is 51.0 Å². The molecule has 0 aliphatic heterocycles. The molecule has 0 aromatic heterocycles. The molecule has 15 heavy (non-hydrogen) atoms. The molecule has 0 unspecified atom stereocenters. The molecule has 4 heteroatoms. The van der Waals surface area contributed by atoms with Crippen LogP contribution in [0.1, 0.15) is 6.42 Å². The Hall–Kier alpha value is 0.383. The van der Waals surface area contributed by atoms with Gasteiger partial charge in [0.2, 0.25) is 0 Å². The van der Waals surface area contributed by atoms with Crippen molar-refractivity contribution in [1.82, 2.24) is 0 Å². The van der Waals surface area contributed by atoms with E-state index in [1.807, 2.05) is 42.5 Å². The number of benzene rings is 1. The van der Waals surface area contributed by atoms with Crippen molar-refractivity contribution in [3.05, 3.63) is 59.5 Å². The molecule has 0 atom stereocenters. The predicted molar refractivity (Wildman–Crippen MR) is 54.5 cm³/mol. The molecule has 0 amide bonds. The van der Waals surface area contributed by atoms with E-state index in [1.165, 1.54) is 0 Å². The molecule has 2 rings (SSSR count). The summed E-state index contributed by atoms with van der Waals surface area (Å²) in [5.41, 5.74) is 0. The summed E-state index contributed by atoms with van der Waals surface area (Å²) in [6, 6.07) is 12.5. The zero-order chi connectivity index (χ0) is 8.65. The Kier molecular flexibility index (Phi) is 19.9. The summed E-state index contributed by atoms with van der Waals surface area (Å²) in [7, 11) is 0. The summed E-state index contributed by atoms with van der Waals surface area (Å²) >= 11 is 4.80. The van der Waals surface area contributed by atoms with Crippen LogP contribution >= 0.6 is 0 Å². The topological polar surface area (TPSA) is 0 Å². The molecule has 0 N–H and O–H groups in total. The van der Waals surface area contributed by atoms with Crippen LogP contribution < -0.4 is 24.8 Å². The number of hydrogen-bond acceptors (Lipinski definition) is 1. The fraction of sp³-hybridized carbons (Fsp3) is 0.0909. The first-order valence-corrected chi connectivity index (χ1v) is 4.24. The van der Waals surface area contributed by atoms with Crippen LogP contribution in [0.5, 0.6) is 0 Å². The van der Waals surface area contributed by atoms with E-state index < -0.39 is 0 Å². The zero-order valence-corrected chi connectivity index (χ0v) is 12.8.